The second-order valence-electron chi connectivity index (χ2n) is 5.78. The van der Waals surface area contributed by atoms with Crippen LogP contribution in [0.4, 0.5) is 11.4 Å². The first-order valence-corrected chi connectivity index (χ1v) is 7.70. The van der Waals surface area contributed by atoms with E-state index in [4.69, 9.17) is 4.74 Å². The minimum Gasteiger partial charge on any atom is -0.369 e. The summed E-state index contributed by atoms with van der Waals surface area (Å²) in [5.41, 5.74) is 1.43. The van der Waals surface area contributed by atoms with Crippen molar-refractivity contribution in [3.8, 4) is 0 Å². The Bertz CT molecular complexity index is 519. The van der Waals surface area contributed by atoms with Gasteiger partial charge in [0.1, 0.15) is 5.69 Å². The molecule has 1 atom stereocenters. The molecule has 1 aromatic rings. The maximum Gasteiger partial charge on any atom is 0.292 e. The van der Waals surface area contributed by atoms with E-state index in [1.165, 1.54) is 0 Å². The zero-order valence-corrected chi connectivity index (χ0v) is 13.5. The molecule has 0 saturated carbocycles. The quantitative estimate of drug-likeness (QED) is 0.479. The van der Waals surface area contributed by atoms with E-state index < -0.39 is 0 Å². The zero-order valence-electron chi connectivity index (χ0n) is 11.9. The number of morpholine rings is 1. The summed E-state index contributed by atoms with van der Waals surface area (Å²) in [5, 5.41) is 11.9. The highest BCUT2D eigenvalue weighted by atomic mass is 79.9. The number of hydrogen-bond donors (Lipinski definition) is 0. The molecule has 1 fully saturated rings. The van der Waals surface area contributed by atoms with Gasteiger partial charge in [-0.3, -0.25) is 10.1 Å². The molecular weight excluding hydrogens is 324 g/mol. The average Bonchev–Trinajstić information content (AvgIpc) is 2.35. The zero-order chi connectivity index (χ0) is 14.9. The number of ether oxygens (including phenoxy) is 1. The van der Waals surface area contributed by atoms with Crippen molar-refractivity contribution in [1.29, 1.82) is 0 Å². The average molecular weight is 343 g/mol. The lowest BCUT2D eigenvalue weighted by Crippen LogP contribution is -2.52. The molecule has 0 N–H and O–H groups in total. The van der Waals surface area contributed by atoms with Crippen LogP contribution in [0.5, 0.6) is 0 Å². The van der Waals surface area contributed by atoms with Gasteiger partial charge in [0.05, 0.1) is 16.6 Å². The first-order chi connectivity index (χ1) is 9.32. The van der Waals surface area contributed by atoms with Crippen LogP contribution < -0.4 is 4.90 Å². The molecule has 2 rings (SSSR count). The number of benzene rings is 1. The molecule has 1 saturated heterocycles. The van der Waals surface area contributed by atoms with E-state index in [9.17, 15) is 10.1 Å². The van der Waals surface area contributed by atoms with E-state index >= 15 is 0 Å². The van der Waals surface area contributed by atoms with E-state index in [2.05, 4.69) is 15.9 Å². The van der Waals surface area contributed by atoms with E-state index in [-0.39, 0.29) is 22.3 Å². The Morgan fingerprint density at radius 1 is 1.55 bits per heavy atom. The third-order valence-corrected chi connectivity index (χ3v) is 3.95. The van der Waals surface area contributed by atoms with Crippen LogP contribution in [0.1, 0.15) is 26.3 Å². The summed E-state index contributed by atoms with van der Waals surface area (Å²) < 4.78 is 5.85. The van der Waals surface area contributed by atoms with Crippen molar-refractivity contribution in [3.63, 3.8) is 0 Å². The van der Waals surface area contributed by atoms with E-state index in [1.807, 2.05) is 37.8 Å². The Morgan fingerprint density at radius 3 is 2.80 bits per heavy atom. The van der Waals surface area contributed by atoms with Crippen molar-refractivity contribution in [2.24, 2.45) is 0 Å². The number of nitrogens with zero attached hydrogens (tertiary/aromatic N) is 2. The number of alkyl halides is 1. The molecule has 0 radical (unpaired) electrons. The maximum atomic E-state index is 11.3. The summed E-state index contributed by atoms with van der Waals surface area (Å²) in [6.45, 7) is 7.32. The summed E-state index contributed by atoms with van der Waals surface area (Å²) in [6, 6.07) is 5.39. The molecule has 6 heteroatoms. The lowest BCUT2D eigenvalue weighted by atomic mass is 10.0. The number of nitro groups is 1. The number of nitro benzene ring substituents is 1. The van der Waals surface area contributed by atoms with Crippen LogP contribution >= 0.6 is 15.9 Å². The van der Waals surface area contributed by atoms with Gasteiger partial charge in [0.15, 0.2) is 0 Å². The highest BCUT2D eigenvalue weighted by molar-refractivity contribution is 9.08. The highest BCUT2D eigenvalue weighted by Crippen LogP contribution is 2.33. The number of anilines is 1. The van der Waals surface area contributed by atoms with Gasteiger partial charge in [0.25, 0.3) is 5.69 Å². The van der Waals surface area contributed by atoms with Gasteiger partial charge in [0.2, 0.25) is 0 Å². The van der Waals surface area contributed by atoms with Crippen molar-refractivity contribution in [2.75, 3.05) is 18.0 Å². The first-order valence-electron chi connectivity index (χ1n) is 6.58. The number of halogens is 1. The molecule has 1 aliphatic rings. The molecule has 110 valence electrons. The summed E-state index contributed by atoms with van der Waals surface area (Å²) in [7, 11) is 0. The monoisotopic (exact) mass is 342 g/mol. The molecule has 0 aliphatic carbocycles. The third kappa shape index (κ3) is 3.30. The largest absolute Gasteiger partial charge is 0.369 e. The minimum absolute atomic E-state index is 0.0502. The van der Waals surface area contributed by atoms with Crippen LogP contribution in [0.3, 0.4) is 0 Å². The fraction of sp³-hybridized carbons (Fsp3) is 0.571. The Hall–Kier alpha value is -1.14. The SMILES string of the molecule is CC1CN(c2ccc(CBr)cc2[N+](=O)[O-])CC(C)(C)O1. The molecule has 5 nitrogen and oxygen atoms in total. The molecule has 20 heavy (non-hydrogen) atoms. The van der Waals surface area contributed by atoms with Gasteiger partial charge in [0, 0.05) is 24.5 Å². The van der Waals surface area contributed by atoms with Gasteiger partial charge in [-0.1, -0.05) is 22.0 Å². The Morgan fingerprint density at radius 2 is 2.25 bits per heavy atom. The van der Waals surface area contributed by atoms with Gasteiger partial charge in [-0.25, -0.2) is 0 Å². The lowest BCUT2D eigenvalue weighted by molar-refractivity contribution is -0.384. The van der Waals surface area contributed by atoms with Gasteiger partial charge in [-0.05, 0) is 32.4 Å². The standard InChI is InChI=1S/C14H19BrN2O3/c1-10-8-16(9-14(2,3)20-10)12-5-4-11(7-15)6-13(12)17(18)19/h4-6,10H,7-9H2,1-3H3. The molecular formula is C14H19BrN2O3. The second kappa shape index (κ2) is 5.69. The normalized spacial score (nSPS) is 21.8. The summed E-state index contributed by atoms with van der Waals surface area (Å²) in [5.74, 6) is 0. The van der Waals surface area contributed by atoms with Gasteiger partial charge in [-0.2, -0.15) is 0 Å². The lowest BCUT2D eigenvalue weighted by Gasteiger charge is -2.42. The molecule has 0 spiro atoms. The first kappa shape index (κ1) is 15.3. The van der Waals surface area contributed by atoms with Crippen LogP contribution in [0.2, 0.25) is 0 Å². The number of hydrogen-bond acceptors (Lipinski definition) is 4. The van der Waals surface area contributed by atoms with Crippen molar-refractivity contribution < 1.29 is 9.66 Å². The minimum atomic E-state index is -0.311. The van der Waals surface area contributed by atoms with Crippen molar-refractivity contribution in [2.45, 2.75) is 37.8 Å². The van der Waals surface area contributed by atoms with Gasteiger partial charge < -0.3 is 9.64 Å². The van der Waals surface area contributed by atoms with Crippen molar-refractivity contribution >= 4 is 27.3 Å². The van der Waals surface area contributed by atoms with Crippen LogP contribution in [-0.2, 0) is 10.1 Å². The van der Waals surface area contributed by atoms with E-state index in [1.54, 1.807) is 6.07 Å². The second-order valence-corrected chi connectivity index (χ2v) is 6.34. The summed E-state index contributed by atoms with van der Waals surface area (Å²) in [4.78, 5) is 13.0. The molecule has 0 aromatic heterocycles. The summed E-state index contributed by atoms with van der Waals surface area (Å²) >= 11 is 3.33. The van der Waals surface area contributed by atoms with Crippen molar-refractivity contribution in [1.82, 2.24) is 0 Å². The van der Waals surface area contributed by atoms with E-state index in [0.29, 0.717) is 24.1 Å². The van der Waals surface area contributed by atoms with Crippen molar-refractivity contribution in [3.05, 3.63) is 33.9 Å². The summed E-state index contributed by atoms with van der Waals surface area (Å²) in [6.07, 6.45) is 0.0502. The van der Waals surface area contributed by atoms with Crippen LogP contribution in [-0.4, -0.2) is 29.7 Å². The fourth-order valence-corrected chi connectivity index (χ4v) is 3.05. The maximum absolute atomic E-state index is 11.3. The molecule has 0 bridgehead atoms. The van der Waals surface area contributed by atoms with Gasteiger partial charge >= 0.3 is 0 Å². The van der Waals surface area contributed by atoms with Crippen LogP contribution in [0, 0.1) is 10.1 Å². The van der Waals surface area contributed by atoms with Gasteiger partial charge in [-0.15, -0.1) is 0 Å². The third-order valence-electron chi connectivity index (χ3n) is 3.30. The fourth-order valence-electron chi connectivity index (χ4n) is 2.70. The van der Waals surface area contributed by atoms with E-state index in [0.717, 1.165) is 5.56 Å². The molecule has 0 amide bonds. The van der Waals surface area contributed by atoms with Crippen LogP contribution in [0.15, 0.2) is 18.2 Å². The van der Waals surface area contributed by atoms with Crippen LogP contribution in [0.25, 0.3) is 0 Å². The molecule has 1 heterocycles. The molecule has 1 aliphatic heterocycles. The predicted octanol–water partition coefficient (Wildman–Crippen LogP) is 3.49. The molecule has 1 aromatic carbocycles. The number of rotatable bonds is 3. The smallest absolute Gasteiger partial charge is 0.292 e. The Labute approximate surface area is 127 Å². The Kier molecular flexibility index (Phi) is 4.34. The highest BCUT2D eigenvalue weighted by Gasteiger charge is 2.33. The topological polar surface area (TPSA) is 55.6 Å². The predicted molar refractivity (Wildman–Crippen MR) is 82.6 cm³/mol. The molecule has 1 unspecified atom stereocenters. The Balaban J connectivity index is 2.38.